The van der Waals surface area contributed by atoms with Gasteiger partial charge in [-0.25, -0.2) is 0 Å². The van der Waals surface area contributed by atoms with Crippen LogP contribution in [0.2, 0.25) is 0 Å². The van der Waals surface area contributed by atoms with Crippen LogP contribution in [0, 0.1) is 0 Å². The van der Waals surface area contributed by atoms with E-state index < -0.39 is 0 Å². The molecule has 0 amide bonds. The lowest BCUT2D eigenvalue weighted by molar-refractivity contribution is 0.631. The van der Waals surface area contributed by atoms with E-state index in [1.54, 1.807) is 0 Å². The molecule has 0 atom stereocenters. The van der Waals surface area contributed by atoms with E-state index in [0.29, 0.717) is 0 Å². The normalized spacial score (nSPS) is 11.4. The molecule has 0 radical (unpaired) electrons. The van der Waals surface area contributed by atoms with Crippen LogP contribution in [0.5, 0.6) is 0 Å². The standard InChI is InChI=1S/C56H37NO/c1-2-11-42-34-44(21-20-38(42)10-1)40-24-30-49(31-25-40)57(50-32-26-41(27-33-50)54-36-45-12-3-5-16-51(45)52-17-6-7-18-53(52)54)48-28-22-39(23-29-48)43-14-9-15-46(35-43)56-37-47-13-4-8-19-55(47)58-56/h1-37H. The molecule has 0 saturated heterocycles. The summed E-state index contributed by atoms with van der Waals surface area (Å²) < 4.78 is 6.22. The Kier molecular flexibility index (Phi) is 8.19. The van der Waals surface area contributed by atoms with Crippen LogP contribution < -0.4 is 4.90 Å². The molecule has 2 heteroatoms. The Hall–Kier alpha value is -7.68. The lowest BCUT2D eigenvalue weighted by Crippen LogP contribution is -2.09. The van der Waals surface area contributed by atoms with E-state index in [9.17, 15) is 0 Å². The Morgan fingerprint density at radius 1 is 0.276 bits per heavy atom. The maximum Gasteiger partial charge on any atom is 0.135 e. The first-order valence-corrected chi connectivity index (χ1v) is 19.8. The SMILES string of the molecule is c1cc(-c2ccc(N(c3ccc(-c4ccc5ccccc5c4)cc3)c3ccc(-c4cc5ccccc5c5ccccc45)cc3)cc2)cc(-c2cc3ccccc3o2)c1. The molecule has 0 bridgehead atoms. The Labute approximate surface area is 337 Å². The van der Waals surface area contributed by atoms with Gasteiger partial charge in [-0.2, -0.15) is 0 Å². The molecule has 11 rings (SSSR count). The fraction of sp³-hybridized carbons (Fsp3) is 0. The van der Waals surface area contributed by atoms with E-state index in [2.05, 4.69) is 211 Å². The second-order valence-electron chi connectivity index (χ2n) is 15.0. The molecule has 10 aromatic carbocycles. The highest BCUT2D eigenvalue weighted by atomic mass is 16.3. The van der Waals surface area contributed by atoms with Crippen molar-refractivity contribution in [3.8, 4) is 44.7 Å². The third kappa shape index (κ3) is 6.09. The Morgan fingerprint density at radius 2 is 0.793 bits per heavy atom. The first-order chi connectivity index (χ1) is 28.7. The van der Waals surface area contributed by atoms with E-state index in [4.69, 9.17) is 4.42 Å². The van der Waals surface area contributed by atoms with Gasteiger partial charge in [0, 0.05) is 28.0 Å². The molecule has 1 heterocycles. The van der Waals surface area contributed by atoms with Gasteiger partial charge in [-0.1, -0.05) is 158 Å². The van der Waals surface area contributed by atoms with Crippen molar-refractivity contribution in [1.29, 1.82) is 0 Å². The van der Waals surface area contributed by atoms with Crippen LogP contribution in [-0.4, -0.2) is 0 Å². The molecule has 272 valence electrons. The van der Waals surface area contributed by atoms with Gasteiger partial charge < -0.3 is 9.32 Å². The zero-order valence-corrected chi connectivity index (χ0v) is 31.7. The predicted octanol–water partition coefficient (Wildman–Crippen LogP) is 16.0. The number of hydrogen-bond donors (Lipinski definition) is 0. The number of furan rings is 1. The summed E-state index contributed by atoms with van der Waals surface area (Å²) in [5.74, 6) is 0.873. The zero-order valence-electron chi connectivity index (χ0n) is 31.7. The van der Waals surface area contributed by atoms with E-state index in [-0.39, 0.29) is 0 Å². The topological polar surface area (TPSA) is 16.4 Å². The van der Waals surface area contributed by atoms with E-state index >= 15 is 0 Å². The molecule has 0 aliphatic carbocycles. The third-order valence-electron chi connectivity index (χ3n) is 11.4. The first kappa shape index (κ1) is 33.6. The highest BCUT2D eigenvalue weighted by Crippen LogP contribution is 2.40. The van der Waals surface area contributed by atoms with Crippen molar-refractivity contribution in [2.75, 3.05) is 4.90 Å². The van der Waals surface area contributed by atoms with Crippen molar-refractivity contribution < 1.29 is 4.42 Å². The fourth-order valence-electron chi connectivity index (χ4n) is 8.48. The molecule has 58 heavy (non-hydrogen) atoms. The molecule has 0 aliphatic rings. The maximum atomic E-state index is 6.22. The van der Waals surface area contributed by atoms with Crippen LogP contribution in [0.25, 0.3) is 88.0 Å². The summed E-state index contributed by atoms with van der Waals surface area (Å²) in [7, 11) is 0. The lowest BCUT2D eigenvalue weighted by Gasteiger charge is -2.26. The van der Waals surface area contributed by atoms with Gasteiger partial charge in [0.15, 0.2) is 0 Å². The van der Waals surface area contributed by atoms with E-state index in [0.717, 1.165) is 50.5 Å². The van der Waals surface area contributed by atoms with Crippen molar-refractivity contribution in [2.24, 2.45) is 0 Å². The molecule has 0 unspecified atom stereocenters. The van der Waals surface area contributed by atoms with Gasteiger partial charge in [0.05, 0.1) is 0 Å². The third-order valence-corrected chi connectivity index (χ3v) is 11.4. The second-order valence-corrected chi connectivity index (χ2v) is 15.0. The van der Waals surface area contributed by atoms with Crippen molar-refractivity contribution >= 4 is 60.3 Å². The summed E-state index contributed by atoms with van der Waals surface area (Å²) in [6, 6.07) is 80.7. The predicted molar refractivity (Wildman–Crippen MR) is 245 cm³/mol. The summed E-state index contributed by atoms with van der Waals surface area (Å²) in [5, 5.41) is 8.66. The molecule has 1 aromatic heterocycles. The highest BCUT2D eigenvalue weighted by molar-refractivity contribution is 6.13. The molecule has 0 aliphatic heterocycles. The molecular formula is C56H37NO. The summed E-state index contributed by atoms with van der Waals surface area (Å²) in [5.41, 5.74) is 12.3. The number of benzene rings is 10. The minimum atomic E-state index is 0.873. The van der Waals surface area contributed by atoms with Crippen LogP contribution >= 0.6 is 0 Å². The van der Waals surface area contributed by atoms with Crippen molar-refractivity contribution in [1.82, 2.24) is 0 Å². The Balaban J connectivity index is 0.972. The van der Waals surface area contributed by atoms with E-state index in [1.807, 2.05) is 18.2 Å². The maximum absolute atomic E-state index is 6.22. The molecular weight excluding hydrogens is 703 g/mol. The zero-order chi connectivity index (χ0) is 38.4. The quantitative estimate of drug-likeness (QED) is 0.151. The largest absolute Gasteiger partial charge is 0.456 e. The summed E-state index contributed by atoms with van der Waals surface area (Å²) in [6.45, 7) is 0. The first-order valence-electron chi connectivity index (χ1n) is 19.8. The van der Waals surface area contributed by atoms with Crippen LogP contribution in [0.3, 0.4) is 0 Å². The van der Waals surface area contributed by atoms with Gasteiger partial charge in [0.2, 0.25) is 0 Å². The molecule has 0 spiro atoms. The van der Waals surface area contributed by atoms with Crippen molar-refractivity contribution in [3.63, 3.8) is 0 Å². The minimum Gasteiger partial charge on any atom is -0.456 e. The average molecular weight is 740 g/mol. The van der Waals surface area contributed by atoms with Gasteiger partial charge in [-0.3, -0.25) is 0 Å². The summed E-state index contributed by atoms with van der Waals surface area (Å²) >= 11 is 0. The molecule has 0 N–H and O–H groups in total. The van der Waals surface area contributed by atoms with Gasteiger partial charge >= 0.3 is 0 Å². The molecule has 2 nitrogen and oxygen atoms in total. The number of hydrogen-bond acceptors (Lipinski definition) is 2. The fourth-order valence-corrected chi connectivity index (χ4v) is 8.48. The summed E-state index contributed by atoms with van der Waals surface area (Å²) in [4.78, 5) is 2.35. The van der Waals surface area contributed by atoms with E-state index in [1.165, 1.54) is 54.6 Å². The van der Waals surface area contributed by atoms with Crippen LogP contribution in [0.15, 0.2) is 229 Å². The van der Waals surface area contributed by atoms with Crippen LogP contribution in [0.1, 0.15) is 0 Å². The molecule has 0 fully saturated rings. The van der Waals surface area contributed by atoms with Gasteiger partial charge in [0.1, 0.15) is 11.3 Å². The number of rotatable bonds is 7. The monoisotopic (exact) mass is 739 g/mol. The molecule has 0 saturated carbocycles. The highest BCUT2D eigenvalue weighted by Gasteiger charge is 2.16. The van der Waals surface area contributed by atoms with Gasteiger partial charge in [-0.15, -0.1) is 0 Å². The minimum absolute atomic E-state index is 0.873. The number of nitrogens with zero attached hydrogens (tertiary/aromatic N) is 1. The smallest absolute Gasteiger partial charge is 0.135 e. The number of para-hydroxylation sites is 1. The average Bonchev–Trinajstić information content (AvgIpc) is 3.74. The number of fused-ring (bicyclic) bond motifs is 5. The summed E-state index contributed by atoms with van der Waals surface area (Å²) in [6.07, 6.45) is 0. The second kappa shape index (κ2) is 14.1. The lowest BCUT2D eigenvalue weighted by atomic mass is 9.93. The van der Waals surface area contributed by atoms with Crippen molar-refractivity contribution in [2.45, 2.75) is 0 Å². The van der Waals surface area contributed by atoms with Crippen LogP contribution in [-0.2, 0) is 0 Å². The van der Waals surface area contributed by atoms with Gasteiger partial charge in [0.25, 0.3) is 0 Å². The molecule has 11 aromatic rings. The van der Waals surface area contributed by atoms with Crippen LogP contribution in [0.4, 0.5) is 17.1 Å². The van der Waals surface area contributed by atoms with Crippen molar-refractivity contribution in [3.05, 3.63) is 224 Å². The Morgan fingerprint density at radius 3 is 1.48 bits per heavy atom. The Bertz CT molecular complexity index is 3230. The van der Waals surface area contributed by atoms with Gasteiger partial charge in [-0.05, 0) is 132 Å². The number of anilines is 3.